The molecule has 0 bridgehead atoms. The number of nitrogens with zero attached hydrogens (tertiary/aromatic N) is 1. The lowest BCUT2D eigenvalue weighted by atomic mass is 9.77. The Hall–Kier alpha value is -0.280. The normalized spacial score (nSPS) is 26.1. The fourth-order valence-corrected chi connectivity index (χ4v) is 4.06. The van der Waals surface area contributed by atoms with Crippen LogP contribution in [0, 0.1) is 16.7 Å². The SMILES string of the molecule is CC(C)(C)C1CCCN(C(=O)C2(CN)CCCC2)CC1.Cl. The van der Waals surface area contributed by atoms with Gasteiger partial charge in [0, 0.05) is 19.6 Å². The molecule has 2 fully saturated rings. The van der Waals surface area contributed by atoms with Gasteiger partial charge in [0.1, 0.15) is 0 Å². The van der Waals surface area contributed by atoms with Crippen LogP contribution in [0.2, 0.25) is 0 Å². The Kier molecular flexibility index (Phi) is 6.54. The smallest absolute Gasteiger partial charge is 0.230 e. The molecule has 124 valence electrons. The van der Waals surface area contributed by atoms with Crippen LogP contribution in [0.25, 0.3) is 0 Å². The van der Waals surface area contributed by atoms with E-state index in [0.717, 1.165) is 44.7 Å². The van der Waals surface area contributed by atoms with Crippen molar-refractivity contribution < 1.29 is 4.79 Å². The number of amides is 1. The van der Waals surface area contributed by atoms with Crippen LogP contribution < -0.4 is 5.73 Å². The molecule has 0 spiro atoms. The van der Waals surface area contributed by atoms with Crippen molar-refractivity contribution in [1.29, 1.82) is 0 Å². The van der Waals surface area contributed by atoms with Crippen LogP contribution in [0.5, 0.6) is 0 Å². The van der Waals surface area contributed by atoms with Gasteiger partial charge in [-0.15, -0.1) is 12.4 Å². The van der Waals surface area contributed by atoms with Crippen molar-refractivity contribution in [2.45, 2.75) is 65.7 Å². The monoisotopic (exact) mass is 316 g/mol. The van der Waals surface area contributed by atoms with Crippen LogP contribution in [0.3, 0.4) is 0 Å². The molecule has 1 atom stereocenters. The molecule has 4 heteroatoms. The predicted octanol–water partition coefficient (Wildman–Crippen LogP) is 3.60. The Bertz CT molecular complexity index is 345. The summed E-state index contributed by atoms with van der Waals surface area (Å²) in [5.41, 5.74) is 6.10. The van der Waals surface area contributed by atoms with E-state index in [4.69, 9.17) is 5.73 Å². The third kappa shape index (κ3) is 4.13. The van der Waals surface area contributed by atoms with Crippen LogP contribution in [0.4, 0.5) is 0 Å². The third-order valence-electron chi connectivity index (χ3n) is 5.65. The first-order chi connectivity index (χ1) is 9.39. The summed E-state index contributed by atoms with van der Waals surface area (Å²) in [6, 6.07) is 0. The van der Waals surface area contributed by atoms with E-state index in [0.29, 0.717) is 17.9 Å². The largest absolute Gasteiger partial charge is 0.342 e. The van der Waals surface area contributed by atoms with Gasteiger partial charge in [-0.25, -0.2) is 0 Å². The molecule has 2 rings (SSSR count). The maximum Gasteiger partial charge on any atom is 0.230 e. The molecule has 1 heterocycles. The van der Waals surface area contributed by atoms with E-state index in [1.807, 2.05) is 0 Å². The summed E-state index contributed by atoms with van der Waals surface area (Å²) in [7, 11) is 0. The molecule has 3 nitrogen and oxygen atoms in total. The van der Waals surface area contributed by atoms with Crippen molar-refractivity contribution in [3.05, 3.63) is 0 Å². The van der Waals surface area contributed by atoms with Crippen molar-refractivity contribution in [2.75, 3.05) is 19.6 Å². The van der Waals surface area contributed by atoms with Crippen molar-refractivity contribution in [3.8, 4) is 0 Å². The maximum atomic E-state index is 12.9. The van der Waals surface area contributed by atoms with E-state index in [9.17, 15) is 4.79 Å². The van der Waals surface area contributed by atoms with E-state index >= 15 is 0 Å². The third-order valence-corrected chi connectivity index (χ3v) is 5.65. The van der Waals surface area contributed by atoms with E-state index < -0.39 is 0 Å². The second-order valence-electron chi connectivity index (χ2n) is 7.98. The standard InChI is InChI=1S/C17H32N2O.ClH/c1-16(2,3)14-7-6-11-19(12-8-14)15(20)17(13-18)9-4-5-10-17;/h14H,4-13,18H2,1-3H3;1H. The van der Waals surface area contributed by atoms with E-state index in [-0.39, 0.29) is 17.8 Å². The van der Waals surface area contributed by atoms with Gasteiger partial charge in [0.05, 0.1) is 5.41 Å². The number of hydrogen-bond acceptors (Lipinski definition) is 2. The van der Waals surface area contributed by atoms with E-state index in [1.54, 1.807) is 0 Å². The highest BCUT2D eigenvalue weighted by atomic mass is 35.5. The van der Waals surface area contributed by atoms with Crippen LogP contribution in [-0.4, -0.2) is 30.4 Å². The average Bonchev–Trinajstić information content (AvgIpc) is 2.74. The van der Waals surface area contributed by atoms with Gasteiger partial charge in [-0.05, 0) is 43.4 Å². The van der Waals surface area contributed by atoms with Gasteiger partial charge >= 0.3 is 0 Å². The number of halogens is 1. The highest BCUT2D eigenvalue weighted by Crippen LogP contribution is 2.40. The number of likely N-dealkylation sites (tertiary alicyclic amines) is 1. The highest BCUT2D eigenvalue weighted by Gasteiger charge is 2.42. The maximum absolute atomic E-state index is 12.9. The van der Waals surface area contributed by atoms with Gasteiger partial charge in [0.25, 0.3) is 0 Å². The van der Waals surface area contributed by atoms with Crippen molar-refractivity contribution in [2.24, 2.45) is 22.5 Å². The van der Waals surface area contributed by atoms with Crippen LogP contribution in [-0.2, 0) is 4.79 Å². The van der Waals surface area contributed by atoms with Gasteiger partial charge in [0.2, 0.25) is 5.91 Å². The molecule has 1 aliphatic heterocycles. The second kappa shape index (κ2) is 7.32. The minimum atomic E-state index is -0.221. The molecule has 1 unspecified atom stereocenters. The molecule has 0 radical (unpaired) electrons. The van der Waals surface area contributed by atoms with Crippen molar-refractivity contribution in [1.82, 2.24) is 4.90 Å². The zero-order chi connectivity index (χ0) is 14.8. The van der Waals surface area contributed by atoms with Gasteiger partial charge in [-0.2, -0.15) is 0 Å². The molecular formula is C17H33ClN2O. The molecule has 1 amide bonds. The Labute approximate surface area is 136 Å². The Balaban J connectivity index is 0.00000220. The fourth-order valence-electron chi connectivity index (χ4n) is 4.06. The van der Waals surface area contributed by atoms with Gasteiger partial charge < -0.3 is 10.6 Å². The molecule has 0 aromatic heterocycles. The topological polar surface area (TPSA) is 46.3 Å². The zero-order valence-corrected chi connectivity index (χ0v) is 14.8. The van der Waals surface area contributed by atoms with Gasteiger partial charge in [0.15, 0.2) is 0 Å². The first-order valence-electron chi connectivity index (χ1n) is 8.38. The summed E-state index contributed by atoms with van der Waals surface area (Å²) in [6.07, 6.45) is 7.89. The lowest BCUT2D eigenvalue weighted by molar-refractivity contribution is -0.141. The number of carbonyl (C=O) groups is 1. The van der Waals surface area contributed by atoms with Crippen molar-refractivity contribution in [3.63, 3.8) is 0 Å². The summed E-state index contributed by atoms with van der Waals surface area (Å²) in [6.45, 7) is 9.38. The summed E-state index contributed by atoms with van der Waals surface area (Å²) in [5, 5.41) is 0. The van der Waals surface area contributed by atoms with Crippen LogP contribution in [0.15, 0.2) is 0 Å². The molecule has 21 heavy (non-hydrogen) atoms. The van der Waals surface area contributed by atoms with E-state index in [2.05, 4.69) is 25.7 Å². The minimum absolute atomic E-state index is 0. The average molecular weight is 317 g/mol. The first-order valence-corrected chi connectivity index (χ1v) is 8.38. The molecule has 0 aromatic carbocycles. The molecule has 2 aliphatic rings. The summed E-state index contributed by atoms with van der Waals surface area (Å²) < 4.78 is 0. The zero-order valence-electron chi connectivity index (χ0n) is 14.0. The van der Waals surface area contributed by atoms with E-state index in [1.165, 1.54) is 19.3 Å². The summed E-state index contributed by atoms with van der Waals surface area (Å²) in [5.74, 6) is 1.09. The van der Waals surface area contributed by atoms with Gasteiger partial charge in [-0.1, -0.05) is 33.6 Å². The molecule has 1 saturated carbocycles. The highest BCUT2D eigenvalue weighted by molar-refractivity contribution is 5.85. The lowest BCUT2D eigenvalue weighted by Gasteiger charge is -2.33. The quantitative estimate of drug-likeness (QED) is 0.846. The lowest BCUT2D eigenvalue weighted by Crippen LogP contribution is -2.47. The molecule has 2 N–H and O–H groups in total. The predicted molar refractivity (Wildman–Crippen MR) is 90.6 cm³/mol. The Morgan fingerprint density at radius 3 is 2.29 bits per heavy atom. The number of nitrogens with two attached hydrogens (primary N) is 1. The second-order valence-corrected chi connectivity index (χ2v) is 7.98. The number of rotatable bonds is 2. The molecular weight excluding hydrogens is 284 g/mol. The first kappa shape index (κ1) is 18.8. The van der Waals surface area contributed by atoms with Crippen molar-refractivity contribution >= 4 is 18.3 Å². The Morgan fingerprint density at radius 1 is 1.14 bits per heavy atom. The summed E-state index contributed by atoms with van der Waals surface area (Å²) >= 11 is 0. The minimum Gasteiger partial charge on any atom is -0.342 e. The van der Waals surface area contributed by atoms with Crippen LogP contribution in [0.1, 0.15) is 65.7 Å². The number of hydrogen-bond donors (Lipinski definition) is 1. The molecule has 1 aliphatic carbocycles. The Morgan fingerprint density at radius 2 is 1.76 bits per heavy atom. The van der Waals surface area contributed by atoms with Crippen LogP contribution >= 0.6 is 12.4 Å². The summed E-state index contributed by atoms with van der Waals surface area (Å²) in [4.78, 5) is 15.0. The fraction of sp³-hybridized carbons (Fsp3) is 0.941. The molecule has 1 saturated heterocycles. The molecule has 0 aromatic rings. The van der Waals surface area contributed by atoms with Gasteiger partial charge in [-0.3, -0.25) is 4.79 Å². The number of carbonyl (C=O) groups excluding carboxylic acids is 1.